The molecule has 15 heavy (non-hydrogen) atoms. The predicted molar refractivity (Wildman–Crippen MR) is 42.5 cm³/mol. The molecule has 0 spiro atoms. The van der Waals surface area contributed by atoms with Gasteiger partial charge in [-0.25, -0.2) is 0 Å². The number of hydrogen-bond donors (Lipinski definition) is 2. The summed E-state index contributed by atoms with van der Waals surface area (Å²) in [6, 6.07) is 0. The van der Waals surface area contributed by atoms with E-state index >= 15 is 0 Å². The summed E-state index contributed by atoms with van der Waals surface area (Å²) in [4.78, 5) is 0. The predicted octanol–water partition coefficient (Wildman–Crippen LogP) is 1.75. The van der Waals surface area contributed by atoms with Gasteiger partial charge in [0.15, 0.2) is 0 Å². The van der Waals surface area contributed by atoms with Crippen LogP contribution in [0.4, 0.5) is 26.3 Å². The van der Waals surface area contributed by atoms with E-state index < -0.39 is 45.1 Å². The fourth-order valence-electron chi connectivity index (χ4n) is 0.221. The van der Waals surface area contributed by atoms with E-state index in [1.54, 1.807) is 0 Å². The van der Waals surface area contributed by atoms with Crippen LogP contribution in [0, 0.1) is 0 Å². The highest BCUT2D eigenvalue weighted by molar-refractivity contribution is 8.15. The van der Waals surface area contributed by atoms with Crippen molar-refractivity contribution in [1.29, 1.82) is 0 Å². The van der Waals surface area contributed by atoms with Gasteiger partial charge in [-0.15, -0.1) is 8.25 Å². The summed E-state index contributed by atoms with van der Waals surface area (Å²) < 4.78 is 91.2. The summed E-state index contributed by atoms with van der Waals surface area (Å²) in [5.74, 6) is 0. The van der Waals surface area contributed by atoms with Crippen molar-refractivity contribution in [3.05, 3.63) is 0 Å². The molecule has 0 atom stereocenters. The Kier molecular flexibility index (Phi) is 5.04. The molecular formula is C2H2F6N2O2S3. The summed E-state index contributed by atoms with van der Waals surface area (Å²) in [6.07, 6.45) is 0. The quantitative estimate of drug-likeness (QED) is 0.613. The normalized spacial score (nSPS) is 14.3. The maximum atomic E-state index is 11.4. The van der Waals surface area contributed by atoms with Gasteiger partial charge in [-0.2, -0.15) is 34.8 Å². The highest BCUT2D eigenvalue weighted by atomic mass is 32.3. The van der Waals surface area contributed by atoms with Gasteiger partial charge in [-0.1, -0.05) is 0 Å². The molecule has 0 aliphatic carbocycles. The molecule has 0 radical (unpaired) electrons. The lowest BCUT2D eigenvalue weighted by molar-refractivity contribution is -0.0338. The second-order valence-electron chi connectivity index (χ2n) is 1.77. The molecule has 0 aliphatic heterocycles. The zero-order valence-corrected chi connectivity index (χ0v) is 8.76. The molecule has 0 fully saturated rings. The van der Waals surface area contributed by atoms with Crippen molar-refractivity contribution in [1.82, 2.24) is 8.25 Å². The van der Waals surface area contributed by atoms with Gasteiger partial charge in [0.2, 0.25) is 0 Å². The molecule has 2 N–H and O–H groups in total. The third-order valence-electron chi connectivity index (χ3n) is 0.534. The number of rotatable bonds is 4. The van der Waals surface area contributed by atoms with Crippen LogP contribution in [-0.2, 0) is 10.2 Å². The minimum absolute atomic E-state index is 0.803. The Morgan fingerprint density at radius 3 is 1.27 bits per heavy atom. The van der Waals surface area contributed by atoms with Gasteiger partial charge in [0.1, 0.15) is 0 Å². The number of hydrogen-bond acceptors (Lipinski definition) is 4. The van der Waals surface area contributed by atoms with Crippen LogP contribution in [-0.4, -0.2) is 19.4 Å². The van der Waals surface area contributed by atoms with Crippen LogP contribution in [0.25, 0.3) is 0 Å². The summed E-state index contributed by atoms with van der Waals surface area (Å²) in [7, 11) is -4.86. The summed E-state index contributed by atoms with van der Waals surface area (Å²) in [6.45, 7) is 0. The molecular weight excluding hydrogens is 294 g/mol. The summed E-state index contributed by atoms with van der Waals surface area (Å²) in [5, 5.41) is 0. The van der Waals surface area contributed by atoms with Crippen LogP contribution < -0.4 is 8.25 Å². The van der Waals surface area contributed by atoms with Crippen LogP contribution in [0.1, 0.15) is 0 Å². The minimum Gasteiger partial charge on any atom is -0.194 e. The zero-order valence-electron chi connectivity index (χ0n) is 6.31. The van der Waals surface area contributed by atoms with Gasteiger partial charge >= 0.3 is 11.0 Å². The number of alkyl halides is 6. The van der Waals surface area contributed by atoms with Crippen molar-refractivity contribution in [3.8, 4) is 0 Å². The Balaban J connectivity index is 4.11. The highest BCUT2D eigenvalue weighted by Crippen LogP contribution is 2.30. The molecule has 0 bridgehead atoms. The molecule has 0 aromatic heterocycles. The molecule has 0 rings (SSSR count). The van der Waals surface area contributed by atoms with Gasteiger partial charge in [-0.3, -0.25) is 0 Å². The Labute approximate surface area is 88.6 Å². The molecule has 0 amide bonds. The van der Waals surface area contributed by atoms with E-state index in [1.165, 1.54) is 0 Å². The first-order valence-electron chi connectivity index (χ1n) is 2.69. The van der Waals surface area contributed by atoms with Crippen molar-refractivity contribution < 1.29 is 34.8 Å². The Morgan fingerprint density at radius 2 is 1.07 bits per heavy atom. The van der Waals surface area contributed by atoms with E-state index in [0.29, 0.717) is 0 Å². The first kappa shape index (κ1) is 15.2. The van der Waals surface area contributed by atoms with E-state index in [4.69, 9.17) is 0 Å². The minimum atomic E-state index is -4.92. The van der Waals surface area contributed by atoms with E-state index in [1.807, 2.05) is 0 Å². The first-order chi connectivity index (χ1) is 6.41. The van der Waals surface area contributed by atoms with E-state index in [0.717, 1.165) is 8.25 Å². The van der Waals surface area contributed by atoms with Gasteiger partial charge in [0.25, 0.3) is 10.2 Å². The largest absolute Gasteiger partial charge is 0.457 e. The van der Waals surface area contributed by atoms with E-state index in [9.17, 15) is 34.8 Å². The molecule has 0 aromatic carbocycles. The topological polar surface area (TPSA) is 58.2 Å². The van der Waals surface area contributed by atoms with Crippen LogP contribution >= 0.6 is 23.9 Å². The molecule has 13 heteroatoms. The smallest absolute Gasteiger partial charge is 0.194 e. The molecule has 0 unspecified atom stereocenters. The monoisotopic (exact) mass is 296 g/mol. The van der Waals surface area contributed by atoms with Crippen molar-refractivity contribution in [3.63, 3.8) is 0 Å². The summed E-state index contributed by atoms with van der Waals surface area (Å²) >= 11 is -2.38. The second-order valence-corrected chi connectivity index (χ2v) is 5.44. The highest BCUT2D eigenvalue weighted by Gasteiger charge is 2.34. The third-order valence-corrected chi connectivity index (χ3v) is 3.42. The zero-order chi connectivity index (χ0) is 12.3. The SMILES string of the molecule is O=S(=O)(NSC(F)(F)F)NSC(F)(F)F. The molecule has 0 saturated heterocycles. The Hall–Kier alpha value is 0.150. The maximum Gasteiger partial charge on any atom is 0.457 e. The average molecular weight is 296 g/mol. The van der Waals surface area contributed by atoms with Gasteiger partial charge in [0, 0.05) is 23.9 Å². The van der Waals surface area contributed by atoms with Gasteiger partial charge in [0.05, 0.1) is 0 Å². The van der Waals surface area contributed by atoms with Crippen molar-refractivity contribution in [2.24, 2.45) is 0 Å². The summed E-state index contributed by atoms with van der Waals surface area (Å²) in [5.41, 5.74) is -9.84. The lowest BCUT2D eigenvalue weighted by Gasteiger charge is -2.09. The second kappa shape index (κ2) is 4.99. The van der Waals surface area contributed by atoms with E-state index in [2.05, 4.69) is 0 Å². The molecule has 4 nitrogen and oxygen atoms in total. The molecule has 0 aliphatic rings. The van der Waals surface area contributed by atoms with Crippen LogP contribution in [0.15, 0.2) is 0 Å². The first-order valence-corrected chi connectivity index (χ1v) is 5.81. The number of nitrogens with one attached hydrogen (secondary N) is 2. The molecule has 92 valence electrons. The molecule has 0 saturated carbocycles. The Bertz CT molecular complexity index is 270. The lowest BCUT2D eigenvalue weighted by atomic mass is 11.6. The van der Waals surface area contributed by atoms with Crippen LogP contribution in [0.5, 0.6) is 0 Å². The number of halogens is 6. The standard InChI is InChI=1S/C2H2F6N2O2S3/c3-1(4,5)13-9-15(11,12)10-14-2(6,7)8/h9-10H. The lowest BCUT2D eigenvalue weighted by Crippen LogP contribution is -2.32. The van der Waals surface area contributed by atoms with E-state index in [-0.39, 0.29) is 0 Å². The van der Waals surface area contributed by atoms with Crippen molar-refractivity contribution in [2.45, 2.75) is 11.0 Å². The third kappa shape index (κ3) is 10.4. The maximum absolute atomic E-state index is 11.4. The van der Waals surface area contributed by atoms with Gasteiger partial charge < -0.3 is 0 Å². The molecule has 0 aromatic rings. The fraction of sp³-hybridized carbons (Fsp3) is 1.00. The average Bonchev–Trinajstić information content (AvgIpc) is 1.96. The van der Waals surface area contributed by atoms with Crippen molar-refractivity contribution >= 4 is 34.1 Å². The Morgan fingerprint density at radius 1 is 0.800 bits per heavy atom. The van der Waals surface area contributed by atoms with Crippen LogP contribution in [0.2, 0.25) is 0 Å². The van der Waals surface area contributed by atoms with Gasteiger partial charge in [-0.05, 0) is 0 Å². The fourth-order valence-corrected chi connectivity index (χ4v) is 2.30. The van der Waals surface area contributed by atoms with Crippen LogP contribution in [0.3, 0.4) is 0 Å². The van der Waals surface area contributed by atoms with Crippen molar-refractivity contribution in [2.75, 3.05) is 0 Å². The molecule has 0 heterocycles.